The van der Waals surface area contributed by atoms with Crippen LogP contribution in [0.4, 0.5) is 5.69 Å². The molecule has 1 atom stereocenters. The molecule has 5 nitrogen and oxygen atoms in total. The predicted molar refractivity (Wildman–Crippen MR) is 129 cm³/mol. The van der Waals surface area contributed by atoms with Crippen LogP contribution in [-0.4, -0.2) is 20.9 Å². The van der Waals surface area contributed by atoms with Crippen LogP contribution in [0.2, 0.25) is 0 Å². The number of anilines is 1. The fraction of sp³-hybridized carbons (Fsp3) is 0.269. The average Bonchev–Trinajstić information content (AvgIpc) is 2.76. The van der Waals surface area contributed by atoms with Crippen molar-refractivity contribution in [2.75, 3.05) is 10.8 Å². The molecule has 6 heteroatoms. The standard InChI is InChI=1S/C26H30N2O3S/c1-5-25(22-9-7-6-8-10-22)27-26(29)18-28(23-16-20(3)15-21(4)17-23)32(30,31)24-13-11-19(2)12-14-24/h6-17,25H,5,18H2,1-4H3,(H,27,29)/t25-/m0/s1. The van der Waals surface area contributed by atoms with E-state index < -0.39 is 10.0 Å². The van der Waals surface area contributed by atoms with Gasteiger partial charge in [0.2, 0.25) is 5.91 Å². The Hall–Kier alpha value is -3.12. The van der Waals surface area contributed by atoms with Crippen molar-refractivity contribution < 1.29 is 13.2 Å². The van der Waals surface area contributed by atoms with Gasteiger partial charge in [-0.1, -0.05) is 61.0 Å². The van der Waals surface area contributed by atoms with Gasteiger partial charge in [0.05, 0.1) is 16.6 Å². The van der Waals surface area contributed by atoms with Gasteiger partial charge in [0.15, 0.2) is 0 Å². The zero-order valence-corrected chi connectivity index (χ0v) is 19.8. The summed E-state index contributed by atoms with van der Waals surface area (Å²) in [5.74, 6) is -0.351. The first-order chi connectivity index (χ1) is 15.2. The third-order valence-electron chi connectivity index (χ3n) is 5.34. The van der Waals surface area contributed by atoms with E-state index in [0.29, 0.717) is 12.1 Å². The van der Waals surface area contributed by atoms with Gasteiger partial charge in [-0.3, -0.25) is 9.10 Å². The van der Waals surface area contributed by atoms with Crippen molar-refractivity contribution in [3.05, 3.63) is 95.1 Å². The minimum Gasteiger partial charge on any atom is -0.348 e. The summed E-state index contributed by atoms with van der Waals surface area (Å²) in [5, 5.41) is 3.00. The first-order valence-electron chi connectivity index (χ1n) is 10.7. The number of amides is 1. The van der Waals surface area contributed by atoms with Crippen molar-refractivity contribution in [2.45, 2.75) is 45.1 Å². The third-order valence-corrected chi connectivity index (χ3v) is 7.12. The lowest BCUT2D eigenvalue weighted by molar-refractivity contribution is -0.120. The largest absolute Gasteiger partial charge is 0.348 e. The van der Waals surface area contributed by atoms with Crippen molar-refractivity contribution in [2.24, 2.45) is 0 Å². The molecule has 3 rings (SSSR count). The maximum Gasteiger partial charge on any atom is 0.264 e. The molecule has 0 unspecified atom stereocenters. The van der Waals surface area contributed by atoms with E-state index in [0.717, 1.165) is 22.3 Å². The van der Waals surface area contributed by atoms with Crippen LogP contribution >= 0.6 is 0 Å². The van der Waals surface area contributed by atoms with E-state index in [-0.39, 0.29) is 23.4 Å². The van der Waals surface area contributed by atoms with E-state index >= 15 is 0 Å². The molecule has 0 aliphatic carbocycles. The second kappa shape index (κ2) is 10.0. The van der Waals surface area contributed by atoms with E-state index in [1.807, 2.05) is 64.1 Å². The summed E-state index contributed by atoms with van der Waals surface area (Å²) in [6.07, 6.45) is 0.698. The topological polar surface area (TPSA) is 66.5 Å². The molecule has 32 heavy (non-hydrogen) atoms. The Bertz CT molecular complexity index is 1150. The molecule has 0 heterocycles. The molecule has 0 aliphatic rings. The highest BCUT2D eigenvalue weighted by atomic mass is 32.2. The average molecular weight is 451 g/mol. The van der Waals surface area contributed by atoms with Crippen molar-refractivity contribution >= 4 is 21.6 Å². The summed E-state index contributed by atoms with van der Waals surface area (Å²) in [7, 11) is -3.93. The predicted octanol–water partition coefficient (Wildman–Crippen LogP) is 5.07. The van der Waals surface area contributed by atoms with E-state index in [4.69, 9.17) is 0 Å². The van der Waals surface area contributed by atoms with Crippen molar-refractivity contribution in [3.63, 3.8) is 0 Å². The van der Waals surface area contributed by atoms with Gasteiger partial charge in [-0.25, -0.2) is 8.42 Å². The lowest BCUT2D eigenvalue weighted by atomic mass is 10.0. The maximum absolute atomic E-state index is 13.6. The molecule has 0 aliphatic heterocycles. The monoisotopic (exact) mass is 450 g/mol. The molecule has 0 saturated heterocycles. The minimum atomic E-state index is -3.93. The summed E-state index contributed by atoms with van der Waals surface area (Å²) in [6, 6.07) is 21.7. The molecule has 3 aromatic carbocycles. The van der Waals surface area contributed by atoms with E-state index in [9.17, 15) is 13.2 Å². The van der Waals surface area contributed by atoms with Crippen LogP contribution in [0, 0.1) is 20.8 Å². The van der Waals surface area contributed by atoms with Gasteiger partial charge in [-0.2, -0.15) is 0 Å². The molecule has 0 saturated carbocycles. The number of nitrogens with zero attached hydrogens (tertiary/aromatic N) is 1. The number of aryl methyl sites for hydroxylation is 3. The van der Waals surface area contributed by atoms with E-state index in [1.165, 1.54) is 4.31 Å². The molecular weight excluding hydrogens is 420 g/mol. The maximum atomic E-state index is 13.6. The molecule has 3 aromatic rings. The van der Waals surface area contributed by atoms with Crippen LogP contribution in [0.15, 0.2) is 77.7 Å². The summed E-state index contributed by atoms with van der Waals surface area (Å²) in [4.78, 5) is 13.2. The van der Waals surface area contributed by atoms with Crippen LogP contribution in [-0.2, 0) is 14.8 Å². The number of nitrogens with one attached hydrogen (secondary N) is 1. The Morgan fingerprint density at radius 3 is 2.03 bits per heavy atom. The molecule has 168 valence electrons. The minimum absolute atomic E-state index is 0.158. The normalized spacial score (nSPS) is 12.2. The summed E-state index contributed by atoms with van der Waals surface area (Å²) in [5.41, 5.74) is 4.29. The van der Waals surface area contributed by atoms with E-state index in [2.05, 4.69) is 5.32 Å². The first-order valence-corrected chi connectivity index (χ1v) is 12.2. The van der Waals surface area contributed by atoms with Crippen molar-refractivity contribution in [3.8, 4) is 0 Å². The summed E-state index contributed by atoms with van der Waals surface area (Å²) in [6.45, 7) is 7.41. The Labute approximate surface area is 191 Å². The first kappa shape index (κ1) is 23.5. The lowest BCUT2D eigenvalue weighted by Gasteiger charge is -2.26. The molecular formula is C26H30N2O3S. The van der Waals surface area contributed by atoms with Crippen LogP contribution in [0.3, 0.4) is 0 Å². The number of benzene rings is 3. The van der Waals surface area contributed by atoms with Gasteiger partial charge in [0, 0.05) is 0 Å². The summed E-state index contributed by atoms with van der Waals surface area (Å²) < 4.78 is 28.3. The number of carbonyl (C=O) groups is 1. The number of sulfonamides is 1. The Morgan fingerprint density at radius 1 is 0.875 bits per heavy atom. The molecule has 1 N–H and O–H groups in total. The van der Waals surface area contributed by atoms with Crippen LogP contribution in [0.5, 0.6) is 0 Å². The Balaban J connectivity index is 1.95. The van der Waals surface area contributed by atoms with Gasteiger partial charge < -0.3 is 5.32 Å². The van der Waals surface area contributed by atoms with Crippen molar-refractivity contribution in [1.29, 1.82) is 0 Å². The fourth-order valence-electron chi connectivity index (χ4n) is 3.72. The number of rotatable bonds is 8. The van der Waals surface area contributed by atoms with Gasteiger partial charge in [0.1, 0.15) is 6.54 Å². The zero-order valence-electron chi connectivity index (χ0n) is 19.0. The number of hydrogen-bond acceptors (Lipinski definition) is 3. The molecule has 0 fully saturated rings. The van der Waals surface area contributed by atoms with E-state index in [1.54, 1.807) is 36.4 Å². The zero-order chi connectivity index (χ0) is 23.3. The highest BCUT2D eigenvalue weighted by Crippen LogP contribution is 2.26. The van der Waals surface area contributed by atoms with Gasteiger partial charge in [-0.15, -0.1) is 0 Å². The van der Waals surface area contributed by atoms with Crippen LogP contribution in [0.1, 0.15) is 41.6 Å². The molecule has 0 spiro atoms. The highest BCUT2D eigenvalue weighted by molar-refractivity contribution is 7.92. The molecule has 0 bridgehead atoms. The Morgan fingerprint density at radius 2 is 1.47 bits per heavy atom. The van der Waals surface area contributed by atoms with Gasteiger partial charge >= 0.3 is 0 Å². The third kappa shape index (κ3) is 5.56. The fourth-order valence-corrected chi connectivity index (χ4v) is 5.13. The highest BCUT2D eigenvalue weighted by Gasteiger charge is 2.28. The van der Waals surface area contributed by atoms with Crippen molar-refractivity contribution in [1.82, 2.24) is 5.32 Å². The second-order valence-electron chi connectivity index (χ2n) is 8.11. The summed E-state index contributed by atoms with van der Waals surface area (Å²) >= 11 is 0. The smallest absolute Gasteiger partial charge is 0.264 e. The van der Waals surface area contributed by atoms with Crippen LogP contribution in [0.25, 0.3) is 0 Å². The lowest BCUT2D eigenvalue weighted by Crippen LogP contribution is -2.42. The number of hydrogen-bond donors (Lipinski definition) is 1. The SMILES string of the molecule is CC[C@H](NC(=O)CN(c1cc(C)cc(C)c1)S(=O)(=O)c1ccc(C)cc1)c1ccccc1. The van der Waals surface area contributed by atoms with Gasteiger partial charge in [0.25, 0.3) is 10.0 Å². The Kier molecular flexibility index (Phi) is 7.36. The number of carbonyl (C=O) groups excluding carboxylic acids is 1. The molecule has 1 amide bonds. The van der Waals surface area contributed by atoms with Gasteiger partial charge in [-0.05, 0) is 68.1 Å². The van der Waals surface area contributed by atoms with Crippen LogP contribution < -0.4 is 9.62 Å². The molecule has 0 radical (unpaired) electrons. The molecule has 0 aromatic heterocycles. The second-order valence-corrected chi connectivity index (χ2v) is 9.97. The quantitative estimate of drug-likeness (QED) is 0.521.